The van der Waals surface area contributed by atoms with Gasteiger partial charge in [0, 0.05) is 0 Å². The molecule has 0 fully saturated rings. The average Bonchev–Trinajstić information content (AvgIpc) is 2.81. The van der Waals surface area contributed by atoms with Gasteiger partial charge in [-0.1, -0.05) is 0 Å². The molecule has 0 saturated carbocycles. The van der Waals surface area contributed by atoms with Gasteiger partial charge in [0.25, 0.3) is 0 Å². The van der Waals surface area contributed by atoms with Crippen molar-refractivity contribution in [2.24, 2.45) is 0 Å². The molecule has 0 aliphatic heterocycles. The van der Waals surface area contributed by atoms with Crippen LogP contribution in [-0.4, -0.2) is 8.07 Å². The first kappa shape index (κ1) is 17.8. The quantitative estimate of drug-likeness (QED) is 0.532. The molecular weight excluding hydrogens is 399 g/mol. The van der Waals surface area contributed by atoms with Gasteiger partial charge in [0.15, 0.2) is 0 Å². The summed E-state index contributed by atoms with van der Waals surface area (Å²) in [5.41, 5.74) is 3.65. The van der Waals surface area contributed by atoms with Gasteiger partial charge in [0.2, 0.25) is 0 Å². The van der Waals surface area contributed by atoms with Crippen molar-refractivity contribution in [2.45, 2.75) is 23.4 Å². The molecule has 0 amide bonds. The molecule has 120 valence electrons. The number of hydrogen-bond donors (Lipinski definition) is 0. The summed E-state index contributed by atoms with van der Waals surface area (Å²) in [6.07, 6.45) is 2.22. The Morgan fingerprint density at radius 3 is 2.04 bits per heavy atom. The molecule has 1 aliphatic carbocycles. The van der Waals surface area contributed by atoms with E-state index in [1.807, 2.05) is 6.07 Å². The molecule has 0 N–H and O–H groups in total. The summed E-state index contributed by atoms with van der Waals surface area (Å²) in [7, 11) is 18.5. The molecule has 1 unspecified atom stereocenters. The third-order valence-corrected chi connectivity index (χ3v) is 21.8. The van der Waals surface area contributed by atoms with E-state index in [0.717, 1.165) is 0 Å². The monoisotopic (exact) mass is 416 g/mol. The fourth-order valence-corrected chi connectivity index (χ4v) is 25.8. The molecule has 0 radical (unpaired) electrons. The fourth-order valence-electron chi connectivity index (χ4n) is 4.15. The molecule has 1 atom stereocenters. The van der Waals surface area contributed by atoms with Gasteiger partial charge in [0.1, 0.15) is 0 Å². The van der Waals surface area contributed by atoms with E-state index in [-0.39, 0.29) is 0 Å². The Balaban J connectivity index is 2.36. The van der Waals surface area contributed by atoms with Gasteiger partial charge in [-0.25, -0.2) is 0 Å². The first-order valence-corrected chi connectivity index (χ1v) is 17.9. The molecule has 0 bridgehead atoms. The maximum atomic E-state index is 6.87. The van der Waals surface area contributed by atoms with Crippen molar-refractivity contribution >= 4 is 47.3 Å². The van der Waals surface area contributed by atoms with E-state index in [1.165, 1.54) is 21.9 Å². The SMILES string of the molecule is CC1=Cc2ccccc2[C]1([Si](C)(C)c1ccccc1)[Ti]([Cl])([Cl])[Cl]. The van der Waals surface area contributed by atoms with E-state index in [4.69, 9.17) is 27.9 Å². The molecule has 0 saturated heterocycles. The molecular formula is C18H19Cl3SiTi. The molecule has 2 aromatic carbocycles. The Hall–Kier alpha value is -0.0188. The van der Waals surface area contributed by atoms with Gasteiger partial charge >= 0.3 is 155 Å². The zero-order valence-corrected chi connectivity index (χ0v) is 18.2. The van der Waals surface area contributed by atoms with E-state index in [1.54, 1.807) is 0 Å². The second kappa shape index (κ2) is 6.05. The Morgan fingerprint density at radius 1 is 0.870 bits per heavy atom. The summed E-state index contributed by atoms with van der Waals surface area (Å²) in [6.45, 7) is 6.83. The van der Waals surface area contributed by atoms with Crippen LogP contribution in [0.3, 0.4) is 0 Å². The molecule has 23 heavy (non-hydrogen) atoms. The van der Waals surface area contributed by atoms with Crippen LogP contribution in [0.1, 0.15) is 18.1 Å². The van der Waals surface area contributed by atoms with Gasteiger partial charge in [-0.3, -0.25) is 0 Å². The van der Waals surface area contributed by atoms with Crippen LogP contribution in [0.5, 0.6) is 0 Å². The van der Waals surface area contributed by atoms with E-state index >= 15 is 0 Å². The van der Waals surface area contributed by atoms with Gasteiger partial charge in [-0.2, -0.15) is 0 Å². The van der Waals surface area contributed by atoms with Crippen LogP contribution in [-0.2, 0) is 16.7 Å². The summed E-state index contributed by atoms with van der Waals surface area (Å²) in [5.74, 6) is 0. The molecule has 0 heterocycles. The fraction of sp³-hybridized carbons (Fsp3) is 0.222. The van der Waals surface area contributed by atoms with Gasteiger partial charge in [-0.05, 0) is 0 Å². The van der Waals surface area contributed by atoms with E-state index in [2.05, 4.69) is 74.6 Å². The van der Waals surface area contributed by atoms with Crippen LogP contribution in [0.15, 0.2) is 60.2 Å². The molecule has 5 heteroatoms. The summed E-state index contributed by atoms with van der Waals surface area (Å²) in [6, 6.07) is 19.0. The topological polar surface area (TPSA) is 0 Å². The van der Waals surface area contributed by atoms with Crippen molar-refractivity contribution in [2.75, 3.05) is 0 Å². The predicted octanol–water partition coefficient (Wildman–Crippen LogP) is 6.07. The molecule has 1 aliphatic rings. The summed E-state index contributed by atoms with van der Waals surface area (Å²) in [4.78, 5) is 0. The van der Waals surface area contributed by atoms with Crippen LogP contribution in [0.2, 0.25) is 13.1 Å². The number of fused-ring (bicyclic) bond motifs is 1. The standard InChI is InChI=1S/C18H19Si.3ClH.Ti/c1-14-13-15-9-7-8-12-17(15)18(14)19(2,3)16-10-5-4-6-11-16;;;;/h4-13H,1-3H3;3*1H;/q;;;;+3/p-3. The maximum absolute atomic E-state index is 6.87. The van der Waals surface area contributed by atoms with Crippen LogP contribution in [0.25, 0.3) is 6.08 Å². The van der Waals surface area contributed by atoms with Crippen LogP contribution >= 0.6 is 27.9 Å². The van der Waals surface area contributed by atoms with Gasteiger partial charge in [0.05, 0.1) is 0 Å². The molecule has 0 aromatic heterocycles. The minimum atomic E-state index is -3.69. The predicted molar refractivity (Wildman–Crippen MR) is 103 cm³/mol. The summed E-state index contributed by atoms with van der Waals surface area (Å²) >= 11 is -3.69. The average molecular weight is 418 g/mol. The van der Waals surface area contributed by atoms with Crippen molar-refractivity contribution in [1.29, 1.82) is 0 Å². The van der Waals surface area contributed by atoms with Crippen molar-refractivity contribution in [3.63, 3.8) is 0 Å². The Morgan fingerprint density at radius 2 is 1.43 bits per heavy atom. The number of rotatable bonds is 3. The minimum absolute atomic E-state index is 0.393. The Bertz CT molecular complexity index is 765. The van der Waals surface area contributed by atoms with Crippen molar-refractivity contribution < 1.29 is 13.4 Å². The second-order valence-electron chi connectivity index (χ2n) is 6.65. The number of halogens is 3. The van der Waals surface area contributed by atoms with Crippen LogP contribution < -0.4 is 5.19 Å². The van der Waals surface area contributed by atoms with Crippen molar-refractivity contribution in [1.82, 2.24) is 0 Å². The molecule has 3 rings (SSSR count). The van der Waals surface area contributed by atoms with Crippen LogP contribution in [0, 0.1) is 0 Å². The summed E-state index contributed by atoms with van der Waals surface area (Å²) in [5, 5.41) is 1.33. The normalized spacial score (nSPS) is 21.0. The van der Waals surface area contributed by atoms with Crippen molar-refractivity contribution in [3.05, 3.63) is 71.3 Å². The number of hydrogen-bond acceptors (Lipinski definition) is 0. The van der Waals surface area contributed by atoms with Gasteiger partial charge < -0.3 is 0 Å². The third kappa shape index (κ3) is 2.52. The second-order valence-corrected chi connectivity index (χ2v) is 24.1. The van der Waals surface area contributed by atoms with Crippen molar-refractivity contribution in [3.8, 4) is 0 Å². The number of benzene rings is 2. The van der Waals surface area contributed by atoms with E-state index in [0.29, 0.717) is 0 Å². The molecule has 2 aromatic rings. The van der Waals surface area contributed by atoms with Crippen LogP contribution in [0.4, 0.5) is 0 Å². The zero-order valence-electron chi connectivity index (χ0n) is 13.4. The Labute approximate surface area is 154 Å². The molecule has 0 nitrogen and oxygen atoms in total. The first-order chi connectivity index (χ1) is 10.7. The summed E-state index contributed by atoms with van der Waals surface area (Å²) < 4.78 is -0.393. The molecule has 0 spiro atoms. The first-order valence-electron chi connectivity index (χ1n) is 7.63. The van der Waals surface area contributed by atoms with E-state index < -0.39 is 24.8 Å². The Kier molecular flexibility index (Phi) is 4.68. The number of allylic oxidation sites excluding steroid dienone is 1. The zero-order chi connectivity index (χ0) is 16.9. The van der Waals surface area contributed by atoms with E-state index in [9.17, 15) is 0 Å². The third-order valence-electron chi connectivity index (χ3n) is 5.19. The van der Waals surface area contributed by atoms with Gasteiger partial charge in [-0.15, -0.1) is 0 Å².